The Labute approximate surface area is 156 Å². The van der Waals surface area contributed by atoms with Gasteiger partial charge in [-0.05, 0) is 17.7 Å². The first-order valence-electron chi connectivity index (χ1n) is 8.83. The minimum atomic E-state index is -2.86. The van der Waals surface area contributed by atoms with Crippen molar-refractivity contribution in [2.45, 2.75) is 44.1 Å². The number of nitrogens with zero attached hydrogens (tertiary/aromatic N) is 3. The smallest absolute Gasteiger partial charge is 0.387 e. The van der Waals surface area contributed by atoms with Gasteiger partial charge >= 0.3 is 6.61 Å². The number of morpholine rings is 1. The van der Waals surface area contributed by atoms with Gasteiger partial charge in [0.05, 0.1) is 13.2 Å². The predicted octanol–water partition coefficient (Wildman–Crippen LogP) is 3.54. The molecule has 8 heteroatoms. The first-order chi connectivity index (χ1) is 13.0. The zero-order valence-electron chi connectivity index (χ0n) is 14.8. The maximum absolute atomic E-state index is 12.5. The van der Waals surface area contributed by atoms with Crippen LogP contribution in [0.15, 0.2) is 34.5 Å². The van der Waals surface area contributed by atoms with Gasteiger partial charge in [-0.1, -0.05) is 12.1 Å². The summed E-state index contributed by atoms with van der Waals surface area (Å²) in [4.78, 5) is 14.3. The average Bonchev–Trinajstić information content (AvgIpc) is 3.45. The average molecular weight is 377 g/mol. The Kier molecular flexibility index (Phi) is 6.01. The molecule has 1 saturated heterocycles. The zero-order chi connectivity index (χ0) is 19.3. The maximum atomic E-state index is 12.5. The first-order valence-corrected chi connectivity index (χ1v) is 8.83. The Balaban J connectivity index is 1.51. The third kappa shape index (κ3) is 5.23. The molecule has 2 aliphatic rings. The molecule has 0 aliphatic carbocycles. The lowest BCUT2D eigenvalue weighted by molar-refractivity contribution is -0.139. The lowest BCUT2D eigenvalue weighted by Gasteiger charge is -2.33. The molecule has 1 fully saturated rings. The van der Waals surface area contributed by atoms with Crippen LogP contribution in [0.3, 0.4) is 0 Å². The zero-order valence-corrected chi connectivity index (χ0v) is 14.8. The minimum absolute atomic E-state index is 0.0262. The van der Waals surface area contributed by atoms with Gasteiger partial charge in [0.15, 0.2) is 5.66 Å². The molecule has 144 valence electrons. The Bertz CT molecular complexity index is 725. The summed E-state index contributed by atoms with van der Waals surface area (Å²) in [6, 6.07) is 6.29. The maximum Gasteiger partial charge on any atom is 0.387 e. The topological polar surface area (TPSA) is 63.5 Å². The molecule has 1 unspecified atom stereocenters. The monoisotopic (exact) mass is 377 g/mol. The SMILES string of the molecule is C#CCCC1(CCC(=O)N2CCOC(c3ccc(OC(F)F)cc3)C2)N=N1. The number of carbonyl (C=O) groups is 1. The molecule has 0 aromatic heterocycles. The van der Waals surface area contributed by atoms with Gasteiger partial charge in [0.1, 0.15) is 11.9 Å². The van der Waals surface area contributed by atoms with Gasteiger partial charge in [0.25, 0.3) is 0 Å². The van der Waals surface area contributed by atoms with E-state index in [0.29, 0.717) is 45.4 Å². The molecule has 0 bridgehead atoms. The van der Waals surface area contributed by atoms with E-state index in [9.17, 15) is 13.6 Å². The second-order valence-corrected chi connectivity index (χ2v) is 6.53. The van der Waals surface area contributed by atoms with Crippen LogP contribution in [0.25, 0.3) is 0 Å². The quantitative estimate of drug-likeness (QED) is 0.651. The van der Waals surface area contributed by atoms with Crippen molar-refractivity contribution in [1.29, 1.82) is 0 Å². The van der Waals surface area contributed by atoms with E-state index in [4.69, 9.17) is 11.2 Å². The normalized spacial score (nSPS) is 20.4. The van der Waals surface area contributed by atoms with Crippen LogP contribution in [0.5, 0.6) is 5.75 Å². The van der Waals surface area contributed by atoms with Crippen molar-refractivity contribution in [2.24, 2.45) is 10.2 Å². The predicted molar refractivity (Wildman–Crippen MR) is 93.2 cm³/mol. The molecule has 1 aromatic carbocycles. The first kappa shape index (κ1) is 19.2. The number of hydrogen-bond donors (Lipinski definition) is 0. The second kappa shape index (κ2) is 8.44. The number of halogens is 2. The number of amides is 1. The highest BCUT2D eigenvalue weighted by molar-refractivity contribution is 5.76. The van der Waals surface area contributed by atoms with Crippen molar-refractivity contribution in [3.63, 3.8) is 0 Å². The molecular formula is C19H21F2N3O3. The largest absolute Gasteiger partial charge is 0.435 e. The molecule has 0 N–H and O–H groups in total. The third-order valence-corrected chi connectivity index (χ3v) is 4.69. The Hall–Kier alpha value is -2.53. The summed E-state index contributed by atoms with van der Waals surface area (Å²) in [5, 5.41) is 8.10. The van der Waals surface area contributed by atoms with Crippen molar-refractivity contribution >= 4 is 5.91 Å². The van der Waals surface area contributed by atoms with Gasteiger partial charge in [-0.2, -0.15) is 19.0 Å². The molecule has 0 saturated carbocycles. The molecule has 3 rings (SSSR count). The molecule has 0 radical (unpaired) electrons. The number of terminal acetylenes is 1. The highest BCUT2D eigenvalue weighted by atomic mass is 19.3. The highest BCUT2D eigenvalue weighted by Crippen LogP contribution is 2.38. The fourth-order valence-electron chi connectivity index (χ4n) is 3.07. The van der Waals surface area contributed by atoms with Crippen LogP contribution in [0.4, 0.5) is 8.78 Å². The fourth-order valence-corrected chi connectivity index (χ4v) is 3.07. The molecule has 1 amide bonds. The summed E-state index contributed by atoms with van der Waals surface area (Å²) in [6.45, 7) is -1.50. The van der Waals surface area contributed by atoms with Crippen molar-refractivity contribution in [1.82, 2.24) is 4.90 Å². The van der Waals surface area contributed by atoms with E-state index in [-0.39, 0.29) is 17.8 Å². The van der Waals surface area contributed by atoms with Crippen LogP contribution < -0.4 is 4.74 Å². The van der Waals surface area contributed by atoms with Gasteiger partial charge in [-0.15, -0.1) is 12.3 Å². The van der Waals surface area contributed by atoms with E-state index in [1.54, 1.807) is 17.0 Å². The van der Waals surface area contributed by atoms with Crippen LogP contribution >= 0.6 is 0 Å². The van der Waals surface area contributed by atoms with E-state index in [0.717, 1.165) is 5.56 Å². The molecule has 6 nitrogen and oxygen atoms in total. The van der Waals surface area contributed by atoms with Gasteiger partial charge in [-0.25, -0.2) is 0 Å². The molecule has 1 aromatic rings. The number of carbonyl (C=O) groups excluding carboxylic acids is 1. The number of hydrogen-bond acceptors (Lipinski definition) is 5. The van der Waals surface area contributed by atoms with Crippen LogP contribution in [0, 0.1) is 12.3 Å². The number of alkyl halides is 2. The van der Waals surface area contributed by atoms with Gasteiger partial charge < -0.3 is 14.4 Å². The minimum Gasteiger partial charge on any atom is -0.435 e. The van der Waals surface area contributed by atoms with Crippen LogP contribution in [0.2, 0.25) is 0 Å². The van der Waals surface area contributed by atoms with Crippen molar-refractivity contribution in [3.05, 3.63) is 29.8 Å². The van der Waals surface area contributed by atoms with Gasteiger partial charge in [0.2, 0.25) is 5.91 Å². The summed E-state index contributed by atoms with van der Waals surface area (Å²) >= 11 is 0. The Morgan fingerprint density at radius 2 is 2.11 bits per heavy atom. The number of rotatable bonds is 8. The van der Waals surface area contributed by atoms with Gasteiger partial charge in [0, 0.05) is 32.2 Å². The number of benzene rings is 1. The highest BCUT2D eigenvalue weighted by Gasteiger charge is 2.40. The second-order valence-electron chi connectivity index (χ2n) is 6.53. The Morgan fingerprint density at radius 3 is 2.74 bits per heavy atom. The van der Waals surface area contributed by atoms with E-state index < -0.39 is 12.3 Å². The van der Waals surface area contributed by atoms with Crippen molar-refractivity contribution < 1.29 is 23.0 Å². The van der Waals surface area contributed by atoms with Crippen LogP contribution in [-0.4, -0.2) is 42.8 Å². The third-order valence-electron chi connectivity index (χ3n) is 4.69. The standard InChI is InChI=1S/C19H21F2N3O3/c1-2-3-9-19(22-23-19)10-8-17(25)24-11-12-26-16(13-24)14-4-6-15(7-5-14)27-18(20)21/h1,4-7,16,18H,3,8-13H2. The number of ether oxygens (including phenoxy) is 2. The molecular weight excluding hydrogens is 356 g/mol. The summed E-state index contributed by atoms with van der Waals surface area (Å²) in [5.41, 5.74) is 0.348. The van der Waals surface area contributed by atoms with E-state index in [2.05, 4.69) is 20.9 Å². The van der Waals surface area contributed by atoms with E-state index in [1.165, 1.54) is 12.1 Å². The molecule has 2 heterocycles. The van der Waals surface area contributed by atoms with Gasteiger partial charge in [-0.3, -0.25) is 4.79 Å². The lowest BCUT2D eigenvalue weighted by atomic mass is 10.0. The van der Waals surface area contributed by atoms with Crippen LogP contribution in [0.1, 0.15) is 37.4 Å². The Morgan fingerprint density at radius 1 is 1.37 bits per heavy atom. The van der Waals surface area contributed by atoms with Crippen molar-refractivity contribution in [2.75, 3.05) is 19.7 Å². The molecule has 27 heavy (non-hydrogen) atoms. The van der Waals surface area contributed by atoms with Crippen molar-refractivity contribution in [3.8, 4) is 18.1 Å². The van der Waals surface area contributed by atoms with E-state index >= 15 is 0 Å². The van der Waals surface area contributed by atoms with E-state index in [1.807, 2.05) is 0 Å². The summed E-state index contributed by atoms with van der Waals surface area (Å²) in [6.07, 6.45) is 7.16. The molecule has 1 atom stereocenters. The fraction of sp³-hybridized carbons (Fsp3) is 0.526. The molecule has 2 aliphatic heterocycles. The molecule has 0 spiro atoms. The summed E-state index contributed by atoms with van der Waals surface area (Å²) < 4.78 is 34.5. The van der Waals surface area contributed by atoms with Crippen LogP contribution in [-0.2, 0) is 9.53 Å². The lowest BCUT2D eigenvalue weighted by Crippen LogP contribution is -2.42. The summed E-state index contributed by atoms with van der Waals surface area (Å²) in [5.74, 6) is 2.69. The summed E-state index contributed by atoms with van der Waals surface area (Å²) in [7, 11) is 0.